The molecule has 2 heterocycles. The molecule has 1 atom stereocenters. The molecule has 3 rings (SSSR count). The standard InChI is InChI=1S/C15H19N3OS/c1-3-9(2)18-13-6-4-5-10(13)7-11(14(18)19)12-8-20-15(16)17-12/h7-9H,3-6H2,1-2H3,(H2,16,17). The lowest BCUT2D eigenvalue weighted by atomic mass is 10.1. The zero-order valence-electron chi connectivity index (χ0n) is 11.8. The van der Waals surface area contributed by atoms with Crippen LogP contribution in [0.1, 0.15) is 44.0 Å². The maximum atomic E-state index is 12.8. The van der Waals surface area contributed by atoms with Gasteiger partial charge in [-0.05, 0) is 44.2 Å². The number of hydrogen-bond donors (Lipinski definition) is 1. The maximum Gasteiger partial charge on any atom is 0.260 e. The molecule has 0 spiro atoms. The van der Waals surface area contributed by atoms with E-state index in [0.29, 0.717) is 16.4 Å². The molecule has 106 valence electrons. The Morgan fingerprint density at radius 1 is 1.50 bits per heavy atom. The van der Waals surface area contributed by atoms with Gasteiger partial charge in [0, 0.05) is 17.1 Å². The molecule has 2 aromatic rings. The summed E-state index contributed by atoms with van der Waals surface area (Å²) >= 11 is 1.38. The lowest BCUT2D eigenvalue weighted by Crippen LogP contribution is -2.27. The highest BCUT2D eigenvalue weighted by atomic mass is 32.1. The molecule has 1 aliphatic carbocycles. The van der Waals surface area contributed by atoms with E-state index in [2.05, 4.69) is 18.8 Å². The van der Waals surface area contributed by atoms with Crippen LogP contribution in [0.15, 0.2) is 16.2 Å². The zero-order chi connectivity index (χ0) is 14.3. The minimum absolute atomic E-state index is 0.0744. The highest BCUT2D eigenvalue weighted by Gasteiger charge is 2.22. The lowest BCUT2D eigenvalue weighted by molar-refractivity contribution is 0.497. The van der Waals surface area contributed by atoms with Gasteiger partial charge in [0.1, 0.15) is 0 Å². The van der Waals surface area contributed by atoms with E-state index in [-0.39, 0.29) is 11.6 Å². The van der Waals surface area contributed by atoms with Crippen LogP contribution in [0, 0.1) is 0 Å². The van der Waals surface area contributed by atoms with E-state index in [9.17, 15) is 4.79 Å². The number of hydrogen-bond acceptors (Lipinski definition) is 4. The van der Waals surface area contributed by atoms with Crippen molar-refractivity contribution in [3.05, 3.63) is 33.1 Å². The number of nitrogens with two attached hydrogens (primary N) is 1. The minimum Gasteiger partial charge on any atom is -0.375 e. The predicted molar refractivity (Wildman–Crippen MR) is 83.2 cm³/mol. The zero-order valence-corrected chi connectivity index (χ0v) is 12.7. The lowest BCUT2D eigenvalue weighted by Gasteiger charge is -2.19. The Kier molecular flexibility index (Phi) is 3.38. The van der Waals surface area contributed by atoms with E-state index in [1.54, 1.807) is 0 Å². The Labute approximate surface area is 122 Å². The van der Waals surface area contributed by atoms with E-state index in [1.807, 2.05) is 16.0 Å². The van der Waals surface area contributed by atoms with Crippen LogP contribution in [-0.4, -0.2) is 9.55 Å². The number of aryl methyl sites for hydroxylation is 1. The topological polar surface area (TPSA) is 60.9 Å². The van der Waals surface area contributed by atoms with Gasteiger partial charge >= 0.3 is 0 Å². The average molecular weight is 289 g/mol. The number of rotatable bonds is 3. The van der Waals surface area contributed by atoms with E-state index < -0.39 is 0 Å². The first-order chi connectivity index (χ1) is 9.61. The molecule has 0 saturated carbocycles. The maximum absolute atomic E-state index is 12.8. The smallest absolute Gasteiger partial charge is 0.260 e. The molecule has 0 amide bonds. The molecule has 0 saturated heterocycles. The van der Waals surface area contributed by atoms with Gasteiger partial charge in [0.15, 0.2) is 5.13 Å². The van der Waals surface area contributed by atoms with Crippen LogP contribution >= 0.6 is 11.3 Å². The van der Waals surface area contributed by atoms with Crippen molar-refractivity contribution in [2.45, 2.75) is 45.6 Å². The number of pyridine rings is 1. The Bertz CT molecular complexity index is 702. The first-order valence-electron chi connectivity index (χ1n) is 7.10. The Morgan fingerprint density at radius 3 is 2.95 bits per heavy atom. The average Bonchev–Trinajstić information content (AvgIpc) is 3.05. The van der Waals surface area contributed by atoms with Crippen molar-refractivity contribution < 1.29 is 0 Å². The summed E-state index contributed by atoms with van der Waals surface area (Å²) in [6, 6.07) is 2.25. The number of fused-ring (bicyclic) bond motifs is 1. The monoisotopic (exact) mass is 289 g/mol. The molecule has 2 aromatic heterocycles. The van der Waals surface area contributed by atoms with Crippen molar-refractivity contribution in [3.63, 3.8) is 0 Å². The summed E-state index contributed by atoms with van der Waals surface area (Å²) < 4.78 is 1.98. The summed E-state index contributed by atoms with van der Waals surface area (Å²) in [4.78, 5) is 17.1. The van der Waals surface area contributed by atoms with Crippen molar-refractivity contribution in [1.29, 1.82) is 0 Å². The third-order valence-corrected chi connectivity index (χ3v) is 4.79. The molecule has 0 aromatic carbocycles. The quantitative estimate of drug-likeness (QED) is 0.944. The SMILES string of the molecule is CCC(C)n1c2c(cc(-c3csc(N)n3)c1=O)CCC2. The Hall–Kier alpha value is -1.62. The third-order valence-electron chi connectivity index (χ3n) is 4.12. The summed E-state index contributed by atoms with van der Waals surface area (Å²) in [5.41, 5.74) is 9.70. The van der Waals surface area contributed by atoms with Crippen LogP contribution in [0.5, 0.6) is 0 Å². The first kappa shape index (κ1) is 13.4. The summed E-state index contributed by atoms with van der Waals surface area (Å²) in [6.07, 6.45) is 4.15. The Balaban J connectivity index is 2.25. The van der Waals surface area contributed by atoms with Gasteiger partial charge in [-0.3, -0.25) is 4.79 Å². The van der Waals surface area contributed by atoms with Gasteiger partial charge < -0.3 is 10.3 Å². The second-order valence-corrected chi connectivity index (χ2v) is 6.28. The number of aromatic nitrogens is 2. The van der Waals surface area contributed by atoms with Gasteiger partial charge in [0.05, 0.1) is 11.3 Å². The molecular weight excluding hydrogens is 270 g/mol. The molecule has 1 aliphatic rings. The van der Waals surface area contributed by atoms with Crippen molar-refractivity contribution in [3.8, 4) is 11.3 Å². The third kappa shape index (κ3) is 2.06. The van der Waals surface area contributed by atoms with Crippen LogP contribution in [0.2, 0.25) is 0 Å². The van der Waals surface area contributed by atoms with E-state index in [0.717, 1.165) is 25.7 Å². The summed E-state index contributed by atoms with van der Waals surface area (Å²) in [5, 5.41) is 2.38. The van der Waals surface area contributed by atoms with Gasteiger partial charge in [0.25, 0.3) is 5.56 Å². The largest absolute Gasteiger partial charge is 0.375 e. The molecule has 0 bridgehead atoms. The van der Waals surface area contributed by atoms with Gasteiger partial charge in [0.2, 0.25) is 0 Å². The normalized spacial score (nSPS) is 15.3. The molecule has 5 heteroatoms. The molecule has 2 N–H and O–H groups in total. The molecular formula is C15H19N3OS. The van der Waals surface area contributed by atoms with Crippen LogP contribution < -0.4 is 11.3 Å². The Morgan fingerprint density at radius 2 is 2.30 bits per heavy atom. The van der Waals surface area contributed by atoms with Crippen molar-refractivity contribution >= 4 is 16.5 Å². The first-order valence-corrected chi connectivity index (χ1v) is 7.98. The highest BCUT2D eigenvalue weighted by Crippen LogP contribution is 2.28. The minimum atomic E-state index is 0.0744. The fraction of sp³-hybridized carbons (Fsp3) is 0.467. The fourth-order valence-electron chi connectivity index (χ4n) is 2.91. The molecule has 0 aliphatic heterocycles. The summed E-state index contributed by atoms with van der Waals surface area (Å²) in [7, 11) is 0. The van der Waals surface area contributed by atoms with Crippen LogP contribution in [0.4, 0.5) is 5.13 Å². The van der Waals surface area contributed by atoms with Crippen LogP contribution in [-0.2, 0) is 12.8 Å². The van der Waals surface area contributed by atoms with E-state index in [1.165, 1.54) is 22.6 Å². The van der Waals surface area contributed by atoms with Gasteiger partial charge in [-0.25, -0.2) is 4.98 Å². The fourth-order valence-corrected chi connectivity index (χ4v) is 3.48. The number of anilines is 1. The number of thiazole rings is 1. The van der Waals surface area contributed by atoms with Crippen molar-refractivity contribution in [2.24, 2.45) is 0 Å². The van der Waals surface area contributed by atoms with Gasteiger partial charge in [-0.1, -0.05) is 6.92 Å². The summed E-state index contributed by atoms with van der Waals surface area (Å²) in [5.74, 6) is 0. The van der Waals surface area contributed by atoms with Gasteiger partial charge in [-0.2, -0.15) is 0 Å². The molecule has 0 fully saturated rings. The van der Waals surface area contributed by atoms with Crippen molar-refractivity contribution in [2.75, 3.05) is 5.73 Å². The summed E-state index contributed by atoms with van der Waals surface area (Å²) in [6.45, 7) is 4.23. The number of nitrogens with zero attached hydrogens (tertiary/aromatic N) is 2. The highest BCUT2D eigenvalue weighted by molar-refractivity contribution is 7.13. The molecule has 20 heavy (non-hydrogen) atoms. The van der Waals surface area contributed by atoms with E-state index in [4.69, 9.17) is 5.73 Å². The van der Waals surface area contributed by atoms with Crippen LogP contribution in [0.3, 0.4) is 0 Å². The van der Waals surface area contributed by atoms with Crippen LogP contribution in [0.25, 0.3) is 11.3 Å². The van der Waals surface area contributed by atoms with Crippen molar-refractivity contribution in [1.82, 2.24) is 9.55 Å². The predicted octanol–water partition coefficient (Wildman–Crippen LogP) is 3.01. The molecule has 0 radical (unpaired) electrons. The second kappa shape index (κ2) is 5.05. The van der Waals surface area contributed by atoms with E-state index >= 15 is 0 Å². The molecule has 1 unspecified atom stereocenters. The second-order valence-electron chi connectivity index (χ2n) is 5.39. The van der Waals surface area contributed by atoms with Gasteiger partial charge in [-0.15, -0.1) is 11.3 Å². The molecule has 4 nitrogen and oxygen atoms in total. The number of nitrogen functional groups attached to an aromatic ring is 1.